The van der Waals surface area contributed by atoms with Crippen LogP contribution in [0.5, 0.6) is 0 Å². The second-order valence-electron chi connectivity index (χ2n) is 3.14. The number of thioether (sulfide) groups is 1. The first kappa shape index (κ1) is 11.5. The zero-order chi connectivity index (χ0) is 10.2. The molecule has 1 heterocycles. The number of nitrogens with one attached hydrogen (secondary N) is 1. The fourth-order valence-corrected chi connectivity index (χ4v) is 1.95. The smallest absolute Gasteiger partial charge is 0.0724 e. The number of aromatic nitrogens is 2. The van der Waals surface area contributed by atoms with Crippen LogP contribution in [-0.4, -0.2) is 28.0 Å². The van der Waals surface area contributed by atoms with Gasteiger partial charge in [0.25, 0.3) is 0 Å². The van der Waals surface area contributed by atoms with Crippen LogP contribution in [0.4, 0.5) is 0 Å². The maximum absolute atomic E-state index is 4.21. The Morgan fingerprint density at radius 1 is 1.50 bits per heavy atom. The highest BCUT2D eigenvalue weighted by atomic mass is 32.2. The summed E-state index contributed by atoms with van der Waals surface area (Å²) in [4.78, 5) is 8.24. The Morgan fingerprint density at radius 2 is 2.36 bits per heavy atom. The van der Waals surface area contributed by atoms with E-state index < -0.39 is 0 Å². The fraction of sp³-hybridized carbons (Fsp3) is 0.600. The van der Waals surface area contributed by atoms with Crippen molar-refractivity contribution in [2.45, 2.75) is 25.9 Å². The van der Waals surface area contributed by atoms with Crippen LogP contribution in [0.1, 0.15) is 19.0 Å². The lowest BCUT2D eigenvalue weighted by Crippen LogP contribution is -2.30. The summed E-state index contributed by atoms with van der Waals surface area (Å²) in [6.07, 6.45) is 8.52. The molecular formula is C10H17N3S. The molecule has 0 aliphatic rings. The van der Waals surface area contributed by atoms with Gasteiger partial charge in [-0.05, 0) is 12.7 Å². The monoisotopic (exact) mass is 211 g/mol. The molecule has 0 aromatic carbocycles. The Kier molecular flexibility index (Phi) is 5.56. The van der Waals surface area contributed by atoms with Gasteiger partial charge in [0.1, 0.15) is 0 Å². The van der Waals surface area contributed by atoms with Crippen LogP contribution in [0.25, 0.3) is 0 Å². The zero-order valence-corrected chi connectivity index (χ0v) is 9.55. The van der Waals surface area contributed by atoms with Crippen molar-refractivity contribution in [1.82, 2.24) is 15.3 Å². The maximum Gasteiger partial charge on any atom is 0.0724 e. The third-order valence-electron chi connectivity index (χ3n) is 2.05. The van der Waals surface area contributed by atoms with E-state index in [2.05, 4.69) is 28.5 Å². The summed E-state index contributed by atoms with van der Waals surface area (Å²) in [5.74, 6) is 1.15. The molecule has 3 nitrogen and oxygen atoms in total. The van der Waals surface area contributed by atoms with E-state index in [9.17, 15) is 0 Å². The Hall–Kier alpha value is -0.610. The summed E-state index contributed by atoms with van der Waals surface area (Å²) in [6, 6.07) is 0.576. The lowest BCUT2D eigenvalue weighted by molar-refractivity contribution is 0.535. The van der Waals surface area contributed by atoms with Gasteiger partial charge < -0.3 is 5.32 Å². The second-order valence-corrected chi connectivity index (χ2v) is 4.05. The van der Waals surface area contributed by atoms with E-state index in [1.54, 1.807) is 18.6 Å². The second kappa shape index (κ2) is 6.79. The van der Waals surface area contributed by atoms with Crippen molar-refractivity contribution in [2.75, 3.05) is 12.0 Å². The number of hydrogen-bond donors (Lipinski definition) is 1. The first-order valence-corrected chi connectivity index (χ1v) is 6.23. The summed E-state index contributed by atoms with van der Waals surface area (Å²) in [7, 11) is 0. The van der Waals surface area contributed by atoms with Gasteiger partial charge >= 0.3 is 0 Å². The predicted molar refractivity (Wildman–Crippen MR) is 61.3 cm³/mol. The molecular weight excluding hydrogens is 194 g/mol. The third-order valence-corrected chi connectivity index (χ3v) is 2.78. The van der Waals surface area contributed by atoms with Gasteiger partial charge in [-0.3, -0.25) is 9.97 Å². The highest BCUT2D eigenvalue weighted by Gasteiger charge is 2.04. The van der Waals surface area contributed by atoms with Crippen molar-refractivity contribution in [1.29, 1.82) is 0 Å². The molecule has 1 atom stereocenters. The summed E-state index contributed by atoms with van der Waals surface area (Å²) < 4.78 is 0. The lowest BCUT2D eigenvalue weighted by Gasteiger charge is -2.14. The molecule has 0 amide bonds. The van der Waals surface area contributed by atoms with Gasteiger partial charge in [0.15, 0.2) is 0 Å². The van der Waals surface area contributed by atoms with Gasteiger partial charge in [-0.25, -0.2) is 0 Å². The average molecular weight is 211 g/mol. The summed E-state index contributed by atoms with van der Waals surface area (Å²) in [6.45, 7) is 3.01. The predicted octanol–water partition coefficient (Wildman–Crippen LogP) is 1.71. The van der Waals surface area contributed by atoms with Crippen LogP contribution in [0.3, 0.4) is 0 Å². The SMILES string of the molecule is CCC(CSC)NCc1cnccn1. The van der Waals surface area contributed by atoms with Crippen molar-refractivity contribution >= 4 is 11.8 Å². The van der Waals surface area contributed by atoms with Gasteiger partial charge in [-0.1, -0.05) is 6.92 Å². The highest BCUT2D eigenvalue weighted by molar-refractivity contribution is 7.98. The fourth-order valence-electron chi connectivity index (χ4n) is 1.19. The van der Waals surface area contributed by atoms with Crippen LogP contribution in [0.2, 0.25) is 0 Å². The molecule has 0 saturated heterocycles. The topological polar surface area (TPSA) is 37.8 Å². The van der Waals surface area contributed by atoms with Crippen molar-refractivity contribution in [3.8, 4) is 0 Å². The molecule has 0 radical (unpaired) electrons. The van der Waals surface area contributed by atoms with E-state index >= 15 is 0 Å². The Bertz CT molecular complexity index is 240. The van der Waals surface area contributed by atoms with Crippen LogP contribution in [-0.2, 0) is 6.54 Å². The summed E-state index contributed by atoms with van der Waals surface area (Å²) >= 11 is 1.87. The molecule has 78 valence electrons. The Balaban J connectivity index is 2.32. The Morgan fingerprint density at radius 3 is 2.93 bits per heavy atom. The van der Waals surface area contributed by atoms with Gasteiger partial charge in [-0.15, -0.1) is 0 Å². The summed E-state index contributed by atoms with van der Waals surface area (Å²) in [5.41, 5.74) is 1.01. The molecule has 0 aliphatic carbocycles. The molecule has 0 bridgehead atoms. The standard InChI is InChI=1S/C10H17N3S/c1-3-9(8-14-2)13-7-10-6-11-4-5-12-10/h4-6,9,13H,3,7-8H2,1-2H3. The van der Waals surface area contributed by atoms with Crippen LogP contribution < -0.4 is 5.32 Å². The van der Waals surface area contributed by atoms with Crippen molar-refractivity contribution < 1.29 is 0 Å². The van der Waals surface area contributed by atoms with E-state index in [0.717, 1.165) is 24.4 Å². The van der Waals surface area contributed by atoms with Crippen LogP contribution >= 0.6 is 11.8 Å². The summed E-state index contributed by atoms with van der Waals surface area (Å²) in [5, 5.41) is 3.46. The van der Waals surface area contributed by atoms with E-state index in [0.29, 0.717) is 6.04 Å². The van der Waals surface area contributed by atoms with Crippen molar-refractivity contribution in [3.63, 3.8) is 0 Å². The van der Waals surface area contributed by atoms with Gasteiger partial charge in [0.2, 0.25) is 0 Å². The number of rotatable bonds is 6. The first-order chi connectivity index (χ1) is 6.86. The molecule has 0 fully saturated rings. The van der Waals surface area contributed by atoms with Crippen molar-refractivity contribution in [3.05, 3.63) is 24.3 Å². The third kappa shape index (κ3) is 4.07. The molecule has 1 aromatic rings. The van der Waals surface area contributed by atoms with Crippen LogP contribution in [0.15, 0.2) is 18.6 Å². The minimum Gasteiger partial charge on any atom is -0.308 e. The molecule has 1 aromatic heterocycles. The molecule has 1 unspecified atom stereocenters. The minimum absolute atomic E-state index is 0.576. The average Bonchev–Trinajstić information content (AvgIpc) is 2.25. The van der Waals surface area contributed by atoms with E-state index in [4.69, 9.17) is 0 Å². The normalized spacial score (nSPS) is 12.7. The minimum atomic E-state index is 0.576. The van der Waals surface area contributed by atoms with Crippen LogP contribution in [0, 0.1) is 0 Å². The molecule has 0 saturated carbocycles. The molecule has 4 heteroatoms. The molecule has 0 aliphatic heterocycles. The lowest BCUT2D eigenvalue weighted by atomic mass is 10.2. The molecule has 1 rings (SSSR count). The van der Waals surface area contributed by atoms with E-state index in [-0.39, 0.29) is 0 Å². The van der Waals surface area contributed by atoms with E-state index in [1.165, 1.54) is 0 Å². The van der Waals surface area contributed by atoms with E-state index in [1.807, 2.05) is 11.8 Å². The van der Waals surface area contributed by atoms with Crippen molar-refractivity contribution in [2.24, 2.45) is 0 Å². The number of nitrogens with zero attached hydrogens (tertiary/aromatic N) is 2. The highest BCUT2D eigenvalue weighted by Crippen LogP contribution is 2.02. The quantitative estimate of drug-likeness (QED) is 0.777. The largest absolute Gasteiger partial charge is 0.308 e. The van der Waals surface area contributed by atoms with Gasteiger partial charge in [-0.2, -0.15) is 11.8 Å². The first-order valence-electron chi connectivity index (χ1n) is 4.84. The zero-order valence-electron chi connectivity index (χ0n) is 8.73. The van der Waals surface area contributed by atoms with Gasteiger partial charge in [0.05, 0.1) is 5.69 Å². The number of hydrogen-bond acceptors (Lipinski definition) is 4. The maximum atomic E-state index is 4.21. The molecule has 1 N–H and O–H groups in total. The molecule has 0 spiro atoms. The molecule has 14 heavy (non-hydrogen) atoms. The van der Waals surface area contributed by atoms with Gasteiger partial charge in [0, 0.05) is 36.9 Å². The Labute approximate surface area is 89.7 Å².